The third kappa shape index (κ3) is 1.84. The van der Waals surface area contributed by atoms with Crippen LogP contribution in [0.25, 0.3) is 0 Å². The van der Waals surface area contributed by atoms with Crippen molar-refractivity contribution in [3.63, 3.8) is 0 Å². The Morgan fingerprint density at radius 3 is 2.47 bits per heavy atom. The van der Waals surface area contributed by atoms with E-state index in [1.54, 1.807) is 6.07 Å². The molecule has 82 valence electrons. The van der Waals surface area contributed by atoms with E-state index in [1.807, 2.05) is 0 Å². The van der Waals surface area contributed by atoms with E-state index in [-0.39, 0.29) is 12.3 Å². The van der Waals surface area contributed by atoms with Crippen LogP contribution in [0.2, 0.25) is 0 Å². The largest absolute Gasteiger partial charge is 0.507 e. The second-order valence-electron chi connectivity index (χ2n) is 3.31. The van der Waals surface area contributed by atoms with Gasteiger partial charge in [0, 0.05) is 18.2 Å². The van der Waals surface area contributed by atoms with E-state index < -0.39 is 6.10 Å². The highest BCUT2D eigenvalue weighted by molar-refractivity contribution is 5.51. The maximum atomic E-state index is 9.62. The average Bonchev–Trinajstić information content (AvgIpc) is 2.27. The van der Waals surface area contributed by atoms with Crippen molar-refractivity contribution in [3.8, 4) is 17.2 Å². The number of fused-ring (bicyclic) bond motifs is 1. The summed E-state index contributed by atoms with van der Waals surface area (Å²) in [6.45, 7) is 0.981. The highest BCUT2D eigenvalue weighted by atomic mass is 16.6. The Kier molecular flexibility index (Phi) is 2.66. The fourth-order valence-electron chi connectivity index (χ4n) is 1.49. The Morgan fingerprint density at radius 1 is 1.27 bits per heavy atom. The monoisotopic (exact) mass is 211 g/mol. The van der Waals surface area contributed by atoms with Crippen molar-refractivity contribution in [2.24, 2.45) is 5.73 Å². The predicted molar refractivity (Wildman–Crippen MR) is 53.1 cm³/mol. The minimum absolute atomic E-state index is 0.0304. The smallest absolute Gasteiger partial charge is 0.165 e. The number of rotatable bonds is 2. The lowest BCUT2D eigenvalue weighted by Gasteiger charge is -2.20. The molecular formula is C10H13NO4. The fraction of sp³-hybridized carbons (Fsp3) is 0.400. The van der Waals surface area contributed by atoms with Crippen molar-refractivity contribution in [2.75, 3.05) is 19.8 Å². The normalized spacial score (nSPS) is 16.1. The van der Waals surface area contributed by atoms with Crippen molar-refractivity contribution in [2.45, 2.75) is 6.10 Å². The third-order valence-electron chi connectivity index (χ3n) is 2.27. The Morgan fingerprint density at radius 2 is 1.87 bits per heavy atom. The molecule has 0 aliphatic carbocycles. The van der Waals surface area contributed by atoms with Crippen LogP contribution in [-0.4, -0.2) is 30.0 Å². The number of phenols is 1. The summed E-state index contributed by atoms with van der Waals surface area (Å²) in [5, 5.41) is 19.1. The molecule has 1 aromatic carbocycles. The standard InChI is InChI=1S/C10H13NO4/c11-5-8(13)6-3-9-10(4-7(6)12)15-2-1-14-9/h3-4,8,12-13H,1-2,5,11H2. The minimum atomic E-state index is -0.888. The number of phenolic OH excluding ortho intramolecular Hbond substituents is 1. The van der Waals surface area contributed by atoms with Crippen LogP contribution in [0.3, 0.4) is 0 Å². The van der Waals surface area contributed by atoms with Gasteiger partial charge < -0.3 is 25.4 Å². The summed E-state index contributed by atoms with van der Waals surface area (Å²) >= 11 is 0. The maximum Gasteiger partial charge on any atom is 0.165 e. The molecule has 0 fully saturated rings. The van der Waals surface area contributed by atoms with Crippen LogP contribution < -0.4 is 15.2 Å². The molecule has 0 spiro atoms. The third-order valence-corrected chi connectivity index (χ3v) is 2.27. The Balaban J connectivity index is 2.40. The number of ether oxygens (including phenoxy) is 2. The highest BCUT2D eigenvalue weighted by Crippen LogP contribution is 2.38. The van der Waals surface area contributed by atoms with Gasteiger partial charge in [0.1, 0.15) is 19.0 Å². The minimum Gasteiger partial charge on any atom is -0.507 e. The molecule has 0 aromatic heterocycles. The summed E-state index contributed by atoms with van der Waals surface area (Å²) in [5.41, 5.74) is 5.68. The molecule has 1 heterocycles. The van der Waals surface area contributed by atoms with E-state index >= 15 is 0 Å². The first-order valence-corrected chi connectivity index (χ1v) is 4.73. The molecule has 1 aliphatic heterocycles. The Hall–Kier alpha value is -1.46. The van der Waals surface area contributed by atoms with Crippen LogP contribution in [0.1, 0.15) is 11.7 Å². The molecular weight excluding hydrogens is 198 g/mol. The summed E-state index contributed by atoms with van der Waals surface area (Å²) in [7, 11) is 0. The molecule has 1 aliphatic rings. The second-order valence-corrected chi connectivity index (χ2v) is 3.31. The van der Waals surface area contributed by atoms with E-state index in [9.17, 15) is 10.2 Å². The molecule has 0 saturated carbocycles. The van der Waals surface area contributed by atoms with Crippen molar-refractivity contribution in [3.05, 3.63) is 17.7 Å². The predicted octanol–water partition coefficient (Wildman–Crippen LogP) is 0.155. The second kappa shape index (κ2) is 3.96. The van der Waals surface area contributed by atoms with Crippen LogP contribution in [-0.2, 0) is 0 Å². The topological polar surface area (TPSA) is 84.9 Å². The zero-order chi connectivity index (χ0) is 10.8. The van der Waals surface area contributed by atoms with Crippen LogP contribution in [0, 0.1) is 0 Å². The zero-order valence-electron chi connectivity index (χ0n) is 8.14. The lowest BCUT2D eigenvalue weighted by atomic mass is 10.1. The van der Waals surface area contributed by atoms with E-state index in [4.69, 9.17) is 15.2 Å². The van der Waals surface area contributed by atoms with Gasteiger partial charge in [-0.1, -0.05) is 0 Å². The van der Waals surface area contributed by atoms with Gasteiger partial charge in [-0.3, -0.25) is 0 Å². The van der Waals surface area contributed by atoms with Gasteiger partial charge in [-0.25, -0.2) is 0 Å². The molecule has 0 radical (unpaired) electrons. The first-order chi connectivity index (χ1) is 7.22. The molecule has 2 rings (SSSR count). The number of benzene rings is 1. The van der Waals surface area contributed by atoms with E-state index in [2.05, 4.69) is 0 Å². The summed E-state index contributed by atoms with van der Waals surface area (Å²) in [5.74, 6) is 0.991. The van der Waals surface area contributed by atoms with Gasteiger partial charge in [0.2, 0.25) is 0 Å². The van der Waals surface area contributed by atoms with E-state index in [0.717, 1.165) is 0 Å². The summed E-state index contributed by atoms with van der Waals surface area (Å²) < 4.78 is 10.6. The molecule has 0 bridgehead atoms. The number of aliphatic hydroxyl groups excluding tert-OH is 1. The molecule has 1 atom stereocenters. The zero-order valence-corrected chi connectivity index (χ0v) is 8.14. The lowest BCUT2D eigenvalue weighted by molar-refractivity contribution is 0.164. The first kappa shape index (κ1) is 10.1. The van der Waals surface area contributed by atoms with Gasteiger partial charge in [-0.05, 0) is 6.07 Å². The van der Waals surface area contributed by atoms with Gasteiger partial charge in [0.15, 0.2) is 11.5 Å². The Labute approximate surface area is 87.0 Å². The van der Waals surface area contributed by atoms with Crippen LogP contribution in [0.4, 0.5) is 0 Å². The van der Waals surface area contributed by atoms with Crippen LogP contribution in [0.5, 0.6) is 17.2 Å². The van der Waals surface area contributed by atoms with Crippen molar-refractivity contribution in [1.82, 2.24) is 0 Å². The summed E-state index contributed by atoms with van der Waals surface area (Å²) in [6, 6.07) is 2.99. The lowest BCUT2D eigenvalue weighted by Crippen LogP contribution is -2.17. The molecule has 5 nitrogen and oxygen atoms in total. The highest BCUT2D eigenvalue weighted by Gasteiger charge is 2.18. The summed E-state index contributed by atoms with van der Waals surface area (Å²) in [6.07, 6.45) is -0.888. The maximum absolute atomic E-state index is 9.62. The quantitative estimate of drug-likeness (QED) is 0.648. The van der Waals surface area contributed by atoms with Crippen LogP contribution >= 0.6 is 0 Å². The number of aliphatic hydroxyl groups is 1. The molecule has 4 N–H and O–H groups in total. The number of hydrogen-bond acceptors (Lipinski definition) is 5. The molecule has 15 heavy (non-hydrogen) atoms. The van der Waals surface area contributed by atoms with Crippen molar-refractivity contribution in [1.29, 1.82) is 0 Å². The summed E-state index contributed by atoms with van der Waals surface area (Å²) in [4.78, 5) is 0. The van der Waals surface area contributed by atoms with Gasteiger partial charge in [0.05, 0.1) is 6.10 Å². The fourth-order valence-corrected chi connectivity index (χ4v) is 1.49. The average molecular weight is 211 g/mol. The number of nitrogens with two attached hydrogens (primary N) is 1. The molecule has 1 aromatic rings. The Bertz CT molecular complexity index is 367. The van der Waals surface area contributed by atoms with Gasteiger partial charge >= 0.3 is 0 Å². The van der Waals surface area contributed by atoms with Gasteiger partial charge in [0.25, 0.3) is 0 Å². The van der Waals surface area contributed by atoms with Gasteiger partial charge in [-0.2, -0.15) is 0 Å². The SMILES string of the molecule is NCC(O)c1cc2c(cc1O)OCCO2. The molecule has 0 amide bonds. The van der Waals surface area contributed by atoms with Crippen LogP contribution in [0.15, 0.2) is 12.1 Å². The molecule has 1 unspecified atom stereocenters. The number of aromatic hydroxyl groups is 1. The van der Waals surface area contributed by atoms with Crippen molar-refractivity contribution >= 4 is 0 Å². The van der Waals surface area contributed by atoms with E-state index in [0.29, 0.717) is 30.3 Å². The van der Waals surface area contributed by atoms with Crippen molar-refractivity contribution < 1.29 is 19.7 Å². The van der Waals surface area contributed by atoms with E-state index in [1.165, 1.54) is 6.07 Å². The number of hydrogen-bond donors (Lipinski definition) is 3. The molecule has 5 heteroatoms. The van der Waals surface area contributed by atoms with Gasteiger partial charge in [-0.15, -0.1) is 0 Å². The first-order valence-electron chi connectivity index (χ1n) is 4.73. The molecule has 0 saturated heterocycles.